The molecule has 2 saturated heterocycles. The zero-order chi connectivity index (χ0) is 29.1. The molecule has 1 aromatic heterocycles. The monoisotopic (exact) mass is 576 g/mol. The van der Waals surface area contributed by atoms with E-state index in [1.807, 2.05) is 5.01 Å². The van der Waals surface area contributed by atoms with E-state index >= 15 is 0 Å². The molecule has 0 bridgehead atoms. The predicted molar refractivity (Wildman–Crippen MR) is 158 cm³/mol. The maximum atomic E-state index is 14.6. The number of hydrogen-bond donors (Lipinski definition) is 2. The highest BCUT2D eigenvalue weighted by molar-refractivity contribution is 5.96. The van der Waals surface area contributed by atoms with Gasteiger partial charge in [-0.2, -0.15) is 0 Å². The minimum atomic E-state index is -0.494. The Labute approximate surface area is 244 Å². The Kier molecular flexibility index (Phi) is 8.20. The number of benzene rings is 2. The number of phenols is 1. The van der Waals surface area contributed by atoms with Crippen LogP contribution in [0.25, 0.3) is 10.8 Å². The van der Waals surface area contributed by atoms with Gasteiger partial charge >= 0.3 is 0 Å². The van der Waals surface area contributed by atoms with E-state index in [-0.39, 0.29) is 23.3 Å². The number of halogens is 1. The van der Waals surface area contributed by atoms with Crippen molar-refractivity contribution in [2.75, 3.05) is 71.5 Å². The number of nitrogen functional groups attached to an aromatic ring is 1. The van der Waals surface area contributed by atoms with Gasteiger partial charge in [0.15, 0.2) is 5.69 Å². The van der Waals surface area contributed by atoms with Crippen molar-refractivity contribution in [3.05, 3.63) is 53.2 Å². The Balaban J connectivity index is 1.28. The molecule has 0 atom stereocenters. The summed E-state index contributed by atoms with van der Waals surface area (Å²) in [6, 6.07) is 6.05. The predicted octanol–water partition coefficient (Wildman–Crippen LogP) is 3.01. The molecule has 0 unspecified atom stereocenters. The summed E-state index contributed by atoms with van der Waals surface area (Å²) >= 11 is 0. The molecule has 3 aliphatic rings. The van der Waals surface area contributed by atoms with Crippen molar-refractivity contribution in [3.63, 3.8) is 0 Å². The Morgan fingerprint density at radius 3 is 2.71 bits per heavy atom. The van der Waals surface area contributed by atoms with Crippen molar-refractivity contribution in [3.8, 4) is 18.1 Å². The normalized spacial score (nSPS) is 19.4. The highest BCUT2D eigenvalue weighted by Gasteiger charge is 2.45. The summed E-state index contributed by atoms with van der Waals surface area (Å²) in [5.41, 5.74) is 7.96. The second-order valence-corrected chi connectivity index (χ2v) is 11.4. The third-order valence-corrected chi connectivity index (χ3v) is 8.26. The quantitative estimate of drug-likeness (QED) is 0.239. The first-order chi connectivity index (χ1) is 20.4. The lowest BCUT2D eigenvalue weighted by Crippen LogP contribution is -2.41. The van der Waals surface area contributed by atoms with E-state index in [9.17, 15) is 9.50 Å². The molecule has 0 spiro atoms. The Morgan fingerprint density at radius 2 is 1.93 bits per heavy atom. The van der Waals surface area contributed by atoms with Gasteiger partial charge in [0, 0.05) is 43.6 Å². The largest absolute Gasteiger partial charge is 0.508 e. The van der Waals surface area contributed by atoms with E-state index in [0.29, 0.717) is 60.1 Å². The molecular weight excluding hydrogens is 539 g/mol. The van der Waals surface area contributed by atoms with Gasteiger partial charge in [-0.25, -0.2) is 9.37 Å². The van der Waals surface area contributed by atoms with E-state index in [4.69, 9.17) is 31.5 Å². The SMILES string of the molecule is C#Cc1c(F)ccc2cc(O)cc(Cn3cnc(/C(=N\N4CCCOCC4)OCC4(CN5CCOCC5)CC4)c3N)c12. The van der Waals surface area contributed by atoms with Crippen LogP contribution in [0, 0.1) is 23.6 Å². The van der Waals surface area contributed by atoms with Crippen LogP contribution in [0.4, 0.5) is 10.2 Å². The van der Waals surface area contributed by atoms with Crippen LogP contribution in [-0.4, -0.2) is 96.2 Å². The van der Waals surface area contributed by atoms with E-state index in [0.717, 1.165) is 58.7 Å². The molecule has 11 heteroatoms. The smallest absolute Gasteiger partial charge is 0.260 e. The molecule has 3 heterocycles. The van der Waals surface area contributed by atoms with Crippen LogP contribution >= 0.6 is 0 Å². The van der Waals surface area contributed by atoms with Crippen molar-refractivity contribution < 1.29 is 23.7 Å². The number of aromatic hydroxyl groups is 1. The summed E-state index contributed by atoms with van der Waals surface area (Å²) in [6.07, 6.45) is 10.3. The molecule has 6 rings (SSSR count). The van der Waals surface area contributed by atoms with Crippen LogP contribution < -0.4 is 5.73 Å². The average Bonchev–Trinajstić information content (AvgIpc) is 3.72. The first-order valence-corrected chi connectivity index (χ1v) is 14.5. The molecule has 3 fully saturated rings. The summed E-state index contributed by atoms with van der Waals surface area (Å²) in [7, 11) is 0. The van der Waals surface area contributed by atoms with Gasteiger partial charge in [-0.3, -0.25) is 9.91 Å². The van der Waals surface area contributed by atoms with Crippen LogP contribution in [-0.2, 0) is 20.8 Å². The highest BCUT2D eigenvalue weighted by Crippen LogP contribution is 2.46. The van der Waals surface area contributed by atoms with Crippen molar-refractivity contribution in [1.82, 2.24) is 19.5 Å². The third kappa shape index (κ3) is 6.16. The van der Waals surface area contributed by atoms with Crippen molar-refractivity contribution in [2.45, 2.75) is 25.8 Å². The van der Waals surface area contributed by atoms with E-state index in [1.165, 1.54) is 6.07 Å². The van der Waals surface area contributed by atoms with Gasteiger partial charge < -0.3 is 29.6 Å². The summed E-state index contributed by atoms with van der Waals surface area (Å²) in [6.45, 7) is 7.74. The molecule has 10 nitrogen and oxygen atoms in total. The number of nitrogens with zero attached hydrogens (tertiary/aromatic N) is 5. The fraction of sp³-hybridized carbons (Fsp3) is 0.484. The van der Waals surface area contributed by atoms with Crippen molar-refractivity contribution >= 4 is 22.5 Å². The first-order valence-electron chi connectivity index (χ1n) is 14.5. The zero-order valence-corrected chi connectivity index (χ0v) is 23.7. The maximum Gasteiger partial charge on any atom is 0.260 e. The number of hydrazone groups is 1. The third-order valence-electron chi connectivity index (χ3n) is 8.26. The number of rotatable bonds is 8. The van der Waals surface area contributed by atoms with E-state index in [1.54, 1.807) is 29.1 Å². The second-order valence-electron chi connectivity index (χ2n) is 11.4. The fourth-order valence-electron chi connectivity index (χ4n) is 5.73. The van der Waals surface area contributed by atoms with Crippen LogP contribution in [0.3, 0.4) is 0 Å². The molecule has 222 valence electrons. The number of phenolic OH excluding ortho intramolecular Hbond substituents is 1. The number of imidazole rings is 1. The molecule has 1 aliphatic carbocycles. The lowest BCUT2D eigenvalue weighted by atomic mass is 9.98. The molecule has 0 radical (unpaired) electrons. The number of ether oxygens (including phenoxy) is 3. The van der Waals surface area contributed by atoms with Crippen LogP contribution in [0.15, 0.2) is 35.7 Å². The molecule has 2 aromatic carbocycles. The lowest BCUT2D eigenvalue weighted by molar-refractivity contribution is 0.0228. The molecule has 0 amide bonds. The van der Waals surface area contributed by atoms with E-state index in [2.05, 4.69) is 15.8 Å². The Hall–Kier alpha value is -3.85. The molecule has 1 saturated carbocycles. The fourth-order valence-corrected chi connectivity index (χ4v) is 5.73. The van der Waals surface area contributed by atoms with Gasteiger partial charge in [0.05, 0.1) is 51.4 Å². The number of aromatic nitrogens is 2. The summed E-state index contributed by atoms with van der Waals surface area (Å²) < 4.78 is 33.9. The molecule has 2 aliphatic heterocycles. The van der Waals surface area contributed by atoms with Crippen molar-refractivity contribution in [1.29, 1.82) is 0 Å². The standard InChI is InChI=1S/C31H37FN6O4/c1-2-25-26(32)5-4-22-16-24(39)17-23(27(22)25)18-37-21-34-28(29(37)33)30(35-38-8-3-12-40-15-11-38)42-20-31(6-7-31)19-36-9-13-41-14-10-36/h1,4-5,16-17,21,39H,3,6-15,18-20,33H2/b35-30+. The minimum Gasteiger partial charge on any atom is -0.508 e. The van der Waals surface area contributed by atoms with Crippen LogP contribution in [0.2, 0.25) is 0 Å². The van der Waals surface area contributed by atoms with Crippen LogP contribution in [0.5, 0.6) is 5.75 Å². The number of hydrogen-bond acceptors (Lipinski definition) is 9. The number of terminal acetylenes is 1. The van der Waals surface area contributed by atoms with Crippen LogP contribution in [0.1, 0.15) is 36.1 Å². The topological polar surface area (TPSA) is 111 Å². The van der Waals surface area contributed by atoms with Gasteiger partial charge in [0.25, 0.3) is 5.90 Å². The van der Waals surface area contributed by atoms with E-state index < -0.39 is 5.82 Å². The summed E-state index contributed by atoms with van der Waals surface area (Å²) in [5, 5.41) is 18.4. The Bertz CT molecular complexity index is 1500. The number of nitrogens with two attached hydrogens (primary N) is 1. The van der Waals surface area contributed by atoms with Gasteiger partial charge in [0.1, 0.15) is 17.4 Å². The number of morpholine rings is 1. The van der Waals surface area contributed by atoms with Gasteiger partial charge in [0.2, 0.25) is 0 Å². The summed E-state index contributed by atoms with van der Waals surface area (Å²) in [4.78, 5) is 7.06. The molecule has 42 heavy (non-hydrogen) atoms. The number of fused-ring (bicyclic) bond motifs is 1. The molecule has 3 aromatic rings. The van der Waals surface area contributed by atoms with Crippen molar-refractivity contribution in [2.24, 2.45) is 10.5 Å². The first kappa shape index (κ1) is 28.3. The highest BCUT2D eigenvalue weighted by atomic mass is 19.1. The van der Waals surface area contributed by atoms with Gasteiger partial charge in [-0.05, 0) is 48.4 Å². The number of anilines is 1. The molecular formula is C31H37FN6O4. The zero-order valence-electron chi connectivity index (χ0n) is 23.7. The Morgan fingerprint density at radius 1 is 1.14 bits per heavy atom. The minimum absolute atomic E-state index is 0.0509. The maximum absolute atomic E-state index is 14.6. The van der Waals surface area contributed by atoms with Gasteiger partial charge in [-0.1, -0.05) is 12.0 Å². The van der Waals surface area contributed by atoms with Gasteiger partial charge in [-0.15, -0.1) is 11.5 Å². The lowest BCUT2D eigenvalue weighted by Gasteiger charge is -2.30. The molecule has 3 N–H and O–H groups in total. The second kappa shape index (κ2) is 12.2. The average molecular weight is 577 g/mol. The summed E-state index contributed by atoms with van der Waals surface area (Å²) in [5.74, 6) is 2.74.